The van der Waals surface area contributed by atoms with Gasteiger partial charge in [0, 0.05) is 30.1 Å². The van der Waals surface area contributed by atoms with Crippen LogP contribution >= 0.6 is 0 Å². The molecule has 1 atom stereocenters. The van der Waals surface area contributed by atoms with Crippen LogP contribution in [-0.4, -0.2) is 45.1 Å². The zero-order valence-electron chi connectivity index (χ0n) is 13.8. The normalized spacial score (nSPS) is 18.0. The Hall–Kier alpha value is -2.87. The SMILES string of the molecule is Cc1nc2cc[nH]n2c(=O)c1CC(=O)N1CCOC(c2ccco2)C1. The highest BCUT2D eigenvalue weighted by Crippen LogP contribution is 2.23. The molecule has 0 bridgehead atoms. The highest BCUT2D eigenvalue weighted by atomic mass is 16.5. The number of hydrogen-bond donors (Lipinski definition) is 1. The van der Waals surface area contributed by atoms with E-state index in [1.165, 1.54) is 4.52 Å². The maximum Gasteiger partial charge on any atom is 0.276 e. The van der Waals surface area contributed by atoms with Crippen molar-refractivity contribution in [2.75, 3.05) is 19.7 Å². The molecule has 0 spiro atoms. The lowest BCUT2D eigenvalue weighted by Gasteiger charge is -2.32. The first-order valence-electron chi connectivity index (χ1n) is 8.12. The maximum atomic E-state index is 12.7. The molecule has 3 aromatic heterocycles. The Labute approximate surface area is 143 Å². The Morgan fingerprint density at radius 3 is 3.12 bits per heavy atom. The average molecular weight is 342 g/mol. The second-order valence-electron chi connectivity index (χ2n) is 6.03. The van der Waals surface area contributed by atoms with E-state index in [1.807, 2.05) is 6.07 Å². The number of fused-ring (bicyclic) bond motifs is 1. The van der Waals surface area contributed by atoms with Gasteiger partial charge in [0.25, 0.3) is 5.56 Å². The number of aromatic amines is 1. The summed E-state index contributed by atoms with van der Waals surface area (Å²) < 4.78 is 12.4. The summed E-state index contributed by atoms with van der Waals surface area (Å²) in [5, 5.41) is 2.82. The summed E-state index contributed by atoms with van der Waals surface area (Å²) in [6.45, 7) is 3.09. The lowest BCUT2D eigenvalue weighted by molar-refractivity contribution is -0.139. The van der Waals surface area contributed by atoms with Gasteiger partial charge >= 0.3 is 0 Å². The lowest BCUT2D eigenvalue weighted by atomic mass is 10.1. The number of nitrogens with zero attached hydrogens (tertiary/aromatic N) is 3. The number of aryl methyl sites for hydroxylation is 1. The van der Waals surface area contributed by atoms with Crippen LogP contribution in [0, 0.1) is 6.92 Å². The average Bonchev–Trinajstić information content (AvgIpc) is 3.30. The molecule has 8 nitrogen and oxygen atoms in total. The summed E-state index contributed by atoms with van der Waals surface area (Å²) in [5.41, 5.74) is 1.29. The molecule has 8 heteroatoms. The van der Waals surface area contributed by atoms with Crippen LogP contribution in [0.2, 0.25) is 0 Å². The Morgan fingerprint density at radius 2 is 2.32 bits per heavy atom. The van der Waals surface area contributed by atoms with Crippen LogP contribution in [-0.2, 0) is 16.0 Å². The fraction of sp³-hybridized carbons (Fsp3) is 0.353. The lowest BCUT2D eigenvalue weighted by Crippen LogP contribution is -2.43. The second kappa shape index (κ2) is 6.21. The van der Waals surface area contributed by atoms with Crippen LogP contribution in [0.15, 0.2) is 39.9 Å². The Bertz CT molecular complexity index is 957. The van der Waals surface area contributed by atoms with Crippen LogP contribution < -0.4 is 5.56 Å². The molecule has 1 aliphatic heterocycles. The predicted octanol–water partition coefficient (Wildman–Crippen LogP) is 1.07. The summed E-state index contributed by atoms with van der Waals surface area (Å²) in [6, 6.07) is 5.34. The highest BCUT2D eigenvalue weighted by molar-refractivity contribution is 5.79. The van der Waals surface area contributed by atoms with Crippen molar-refractivity contribution >= 4 is 11.6 Å². The van der Waals surface area contributed by atoms with Crippen molar-refractivity contribution < 1.29 is 13.9 Å². The first kappa shape index (κ1) is 15.6. The Balaban J connectivity index is 1.55. The third kappa shape index (κ3) is 2.85. The molecular weight excluding hydrogens is 324 g/mol. The van der Waals surface area contributed by atoms with Crippen LogP contribution in [0.3, 0.4) is 0 Å². The van der Waals surface area contributed by atoms with Gasteiger partial charge in [-0.3, -0.25) is 14.7 Å². The van der Waals surface area contributed by atoms with Gasteiger partial charge in [-0.25, -0.2) is 9.50 Å². The molecule has 1 aliphatic rings. The first-order chi connectivity index (χ1) is 12.1. The number of ether oxygens (including phenoxy) is 1. The van der Waals surface area contributed by atoms with Gasteiger partial charge < -0.3 is 14.1 Å². The van der Waals surface area contributed by atoms with Gasteiger partial charge in [0.1, 0.15) is 11.9 Å². The minimum absolute atomic E-state index is 0.0184. The minimum atomic E-state index is -0.279. The smallest absolute Gasteiger partial charge is 0.276 e. The summed E-state index contributed by atoms with van der Waals surface area (Å²) >= 11 is 0. The summed E-state index contributed by atoms with van der Waals surface area (Å²) in [7, 11) is 0. The van der Waals surface area contributed by atoms with E-state index in [9.17, 15) is 9.59 Å². The van der Waals surface area contributed by atoms with Gasteiger partial charge in [-0.2, -0.15) is 0 Å². The van der Waals surface area contributed by atoms with Crippen molar-refractivity contribution in [3.63, 3.8) is 0 Å². The number of nitrogens with one attached hydrogen (secondary N) is 1. The van der Waals surface area contributed by atoms with Crippen LogP contribution in [0.25, 0.3) is 5.65 Å². The molecule has 3 aromatic rings. The molecule has 1 fully saturated rings. The first-order valence-corrected chi connectivity index (χ1v) is 8.12. The number of carbonyl (C=O) groups is 1. The zero-order valence-corrected chi connectivity index (χ0v) is 13.8. The number of morpholine rings is 1. The van der Waals surface area contributed by atoms with Crippen molar-refractivity contribution in [3.05, 3.63) is 58.0 Å². The predicted molar refractivity (Wildman–Crippen MR) is 88.2 cm³/mol. The molecule has 0 aromatic carbocycles. The van der Waals surface area contributed by atoms with Gasteiger partial charge in [-0.1, -0.05) is 0 Å². The Morgan fingerprint density at radius 1 is 1.44 bits per heavy atom. The third-order valence-corrected chi connectivity index (χ3v) is 4.45. The van der Waals surface area contributed by atoms with Crippen molar-refractivity contribution in [1.29, 1.82) is 0 Å². The molecule has 1 N–H and O–H groups in total. The molecule has 1 amide bonds. The molecule has 1 saturated heterocycles. The van der Waals surface area contributed by atoms with Gasteiger partial charge in [0.05, 0.1) is 25.8 Å². The van der Waals surface area contributed by atoms with Crippen LogP contribution in [0.4, 0.5) is 0 Å². The number of rotatable bonds is 3. The molecule has 25 heavy (non-hydrogen) atoms. The molecular formula is C17H18N4O4. The largest absolute Gasteiger partial charge is 0.467 e. The van der Waals surface area contributed by atoms with E-state index < -0.39 is 0 Å². The number of H-pyrrole nitrogens is 1. The minimum Gasteiger partial charge on any atom is -0.467 e. The van der Waals surface area contributed by atoms with E-state index in [2.05, 4.69) is 10.1 Å². The van der Waals surface area contributed by atoms with E-state index in [1.54, 1.807) is 36.4 Å². The van der Waals surface area contributed by atoms with Crippen molar-refractivity contribution in [3.8, 4) is 0 Å². The number of furan rings is 1. The summed E-state index contributed by atoms with van der Waals surface area (Å²) in [4.78, 5) is 31.4. The fourth-order valence-corrected chi connectivity index (χ4v) is 3.09. The molecule has 4 heterocycles. The monoisotopic (exact) mass is 342 g/mol. The van der Waals surface area contributed by atoms with E-state index in [-0.39, 0.29) is 24.0 Å². The third-order valence-electron chi connectivity index (χ3n) is 4.45. The quantitative estimate of drug-likeness (QED) is 0.768. The standard InChI is InChI=1S/C17H18N4O4/c1-11-12(17(23)21-15(19-11)4-5-18-21)9-16(22)20-6-8-25-14(10-20)13-3-2-7-24-13/h2-5,7,14,18H,6,8-10H2,1H3. The van der Waals surface area contributed by atoms with E-state index >= 15 is 0 Å². The highest BCUT2D eigenvalue weighted by Gasteiger charge is 2.28. The zero-order chi connectivity index (χ0) is 17.4. The molecule has 4 rings (SSSR count). The summed E-state index contributed by atoms with van der Waals surface area (Å²) in [6.07, 6.45) is 2.97. The number of aromatic nitrogens is 3. The summed E-state index contributed by atoms with van der Waals surface area (Å²) in [5.74, 6) is 0.580. The van der Waals surface area contributed by atoms with E-state index in [4.69, 9.17) is 9.15 Å². The van der Waals surface area contributed by atoms with E-state index in [0.717, 1.165) is 0 Å². The molecule has 0 aliphatic carbocycles. The van der Waals surface area contributed by atoms with Crippen LogP contribution in [0.5, 0.6) is 0 Å². The number of amides is 1. The fourth-order valence-electron chi connectivity index (χ4n) is 3.09. The van der Waals surface area contributed by atoms with Crippen LogP contribution in [0.1, 0.15) is 23.1 Å². The topological polar surface area (TPSA) is 92.8 Å². The van der Waals surface area contributed by atoms with Crippen molar-refractivity contribution in [1.82, 2.24) is 19.5 Å². The van der Waals surface area contributed by atoms with E-state index in [0.29, 0.717) is 42.4 Å². The Kier molecular flexibility index (Phi) is 3.89. The molecule has 0 radical (unpaired) electrons. The molecule has 0 saturated carbocycles. The van der Waals surface area contributed by atoms with Crippen molar-refractivity contribution in [2.45, 2.75) is 19.4 Å². The maximum absolute atomic E-state index is 12.7. The molecule has 1 unspecified atom stereocenters. The van der Waals surface area contributed by atoms with Crippen molar-refractivity contribution in [2.24, 2.45) is 0 Å². The molecule has 130 valence electrons. The van der Waals surface area contributed by atoms with Gasteiger partial charge in [-0.05, 0) is 19.1 Å². The van der Waals surface area contributed by atoms with Gasteiger partial charge in [0.2, 0.25) is 5.91 Å². The number of hydrogen-bond acceptors (Lipinski definition) is 5. The van der Waals surface area contributed by atoms with Gasteiger partial charge in [0.15, 0.2) is 5.65 Å². The van der Waals surface area contributed by atoms with Gasteiger partial charge in [-0.15, -0.1) is 0 Å². The number of carbonyl (C=O) groups excluding carboxylic acids is 1. The second-order valence-corrected chi connectivity index (χ2v) is 6.03.